The minimum atomic E-state index is -0.128. The number of nitrogens with two attached hydrogens (primary N) is 1. The van der Waals surface area contributed by atoms with Gasteiger partial charge in [0.2, 0.25) is 0 Å². The summed E-state index contributed by atoms with van der Waals surface area (Å²) < 4.78 is 7.11. The molecule has 1 aromatic heterocycles. The van der Waals surface area contributed by atoms with Crippen LogP contribution in [0.2, 0.25) is 0 Å². The Hall–Kier alpha value is -2.34. The number of ether oxygens (including phenoxy) is 1. The van der Waals surface area contributed by atoms with E-state index in [4.69, 9.17) is 10.5 Å². The molecular formula is C15H20N4O2. The first kappa shape index (κ1) is 15.1. The topological polar surface area (TPSA) is 73.4 Å². The van der Waals surface area contributed by atoms with Crippen LogP contribution in [0.25, 0.3) is 0 Å². The summed E-state index contributed by atoms with van der Waals surface area (Å²) in [6, 6.07) is 7.64. The Bertz CT molecular complexity index is 609. The molecule has 0 spiro atoms. The third-order valence-corrected chi connectivity index (χ3v) is 3.19. The van der Waals surface area contributed by atoms with Crippen LogP contribution in [0.15, 0.2) is 36.8 Å². The summed E-state index contributed by atoms with van der Waals surface area (Å²) in [6.07, 6.45) is 3.34. The maximum Gasteiger partial charge on any atom is 0.274 e. The van der Waals surface area contributed by atoms with Gasteiger partial charge >= 0.3 is 0 Å². The molecule has 6 heteroatoms. The van der Waals surface area contributed by atoms with Crippen molar-refractivity contribution in [1.82, 2.24) is 14.5 Å². The van der Waals surface area contributed by atoms with Crippen LogP contribution in [-0.2, 0) is 13.1 Å². The summed E-state index contributed by atoms with van der Waals surface area (Å²) in [5.74, 6) is 0.641. The standard InChI is InChI=1S/C15H20N4O2/c1-18(9-12-5-3-4-6-14(12)21-2)15(20)13-10-19(8-7-16)11-17-13/h3-6,10-11H,7-9,16H2,1-2H3. The number of rotatable bonds is 6. The monoisotopic (exact) mass is 288 g/mol. The van der Waals surface area contributed by atoms with E-state index in [0.717, 1.165) is 11.3 Å². The molecule has 0 fully saturated rings. The zero-order chi connectivity index (χ0) is 15.2. The van der Waals surface area contributed by atoms with E-state index in [2.05, 4.69) is 4.98 Å². The number of carbonyl (C=O) groups is 1. The fraction of sp³-hybridized carbons (Fsp3) is 0.333. The van der Waals surface area contributed by atoms with Gasteiger partial charge in [-0.05, 0) is 6.07 Å². The number of amides is 1. The van der Waals surface area contributed by atoms with Crippen LogP contribution in [0.4, 0.5) is 0 Å². The Morgan fingerprint density at radius 1 is 1.43 bits per heavy atom. The molecule has 2 rings (SSSR count). The fourth-order valence-corrected chi connectivity index (χ4v) is 2.10. The molecule has 112 valence electrons. The lowest BCUT2D eigenvalue weighted by molar-refractivity contribution is 0.0779. The van der Waals surface area contributed by atoms with E-state index >= 15 is 0 Å². The quantitative estimate of drug-likeness (QED) is 0.864. The van der Waals surface area contributed by atoms with E-state index < -0.39 is 0 Å². The predicted molar refractivity (Wildman–Crippen MR) is 80.1 cm³/mol. The summed E-state index contributed by atoms with van der Waals surface area (Å²) in [5.41, 5.74) is 6.86. The van der Waals surface area contributed by atoms with Gasteiger partial charge in [0.15, 0.2) is 0 Å². The SMILES string of the molecule is COc1ccccc1CN(C)C(=O)c1cn(CCN)cn1. The van der Waals surface area contributed by atoms with Gasteiger partial charge in [0, 0.05) is 38.4 Å². The van der Waals surface area contributed by atoms with Crippen LogP contribution >= 0.6 is 0 Å². The summed E-state index contributed by atoms with van der Waals surface area (Å²) >= 11 is 0. The van der Waals surface area contributed by atoms with Crippen molar-refractivity contribution >= 4 is 5.91 Å². The third kappa shape index (κ3) is 3.61. The van der Waals surface area contributed by atoms with Gasteiger partial charge in [-0.1, -0.05) is 18.2 Å². The highest BCUT2D eigenvalue weighted by molar-refractivity contribution is 5.91. The van der Waals surface area contributed by atoms with Gasteiger partial charge in [-0.3, -0.25) is 4.79 Å². The molecule has 0 saturated heterocycles. The number of imidazole rings is 1. The third-order valence-electron chi connectivity index (χ3n) is 3.19. The molecule has 0 saturated carbocycles. The number of hydrogen-bond acceptors (Lipinski definition) is 4. The Kier molecular flexibility index (Phi) is 4.94. The minimum Gasteiger partial charge on any atom is -0.496 e. The van der Waals surface area contributed by atoms with Crippen LogP contribution in [0.5, 0.6) is 5.75 Å². The molecule has 1 heterocycles. The average molecular weight is 288 g/mol. The smallest absolute Gasteiger partial charge is 0.274 e. The molecule has 0 atom stereocenters. The number of para-hydroxylation sites is 1. The number of methoxy groups -OCH3 is 1. The van der Waals surface area contributed by atoms with Crippen LogP contribution in [-0.4, -0.2) is 41.1 Å². The summed E-state index contributed by atoms with van der Waals surface area (Å²) in [6.45, 7) is 1.63. The predicted octanol–water partition coefficient (Wildman–Crippen LogP) is 1.12. The Morgan fingerprint density at radius 3 is 2.90 bits per heavy atom. The zero-order valence-corrected chi connectivity index (χ0v) is 12.3. The van der Waals surface area contributed by atoms with Gasteiger partial charge in [-0.25, -0.2) is 4.98 Å². The van der Waals surface area contributed by atoms with Gasteiger partial charge in [-0.15, -0.1) is 0 Å². The highest BCUT2D eigenvalue weighted by Gasteiger charge is 2.16. The van der Waals surface area contributed by atoms with E-state index in [1.54, 1.807) is 31.6 Å². The Balaban J connectivity index is 2.08. The minimum absolute atomic E-state index is 0.128. The van der Waals surface area contributed by atoms with Crippen molar-refractivity contribution in [3.05, 3.63) is 48.0 Å². The van der Waals surface area contributed by atoms with Crippen LogP contribution in [0, 0.1) is 0 Å². The highest BCUT2D eigenvalue weighted by atomic mass is 16.5. The van der Waals surface area contributed by atoms with E-state index in [1.807, 2.05) is 28.8 Å². The summed E-state index contributed by atoms with van der Waals surface area (Å²) in [4.78, 5) is 18.1. The van der Waals surface area contributed by atoms with E-state index in [0.29, 0.717) is 25.3 Å². The molecule has 21 heavy (non-hydrogen) atoms. The van der Waals surface area contributed by atoms with Crippen LogP contribution in [0.1, 0.15) is 16.1 Å². The van der Waals surface area contributed by atoms with Gasteiger partial charge < -0.3 is 19.9 Å². The number of benzene rings is 1. The largest absolute Gasteiger partial charge is 0.496 e. The number of hydrogen-bond donors (Lipinski definition) is 1. The zero-order valence-electron chi connectivity index (χ0n) is 12.3. The number of nitrogens with zero attached hydrogens (tertiary/aromatic N) is 3. The van der Waals surface area contributed by atoms with E-state index in [-0.39, 0.29) is 5.91 Å². The number of aromatic nitrogens is 2. The first-order valence-electron chi connectivity index (χ1n) is 6.75. The molecule has 1 amide bonds. The van der Waals surface area contributed by atoms with Crippen molar-refractivity contribution in [2.75, 3.05) is 20.7 Å². The van der Waals surface area contributed by atoms with Crippen molar-refractivity contribution in [3.63, 3.8) is 0 Å². The first-order chi connectivity index (χ1) is 10.2. The molecule has 0 bridgehead atoms. The molecule has 0 radical (unpaired) electrons. The average Bonchev–Trinajstić information content (AvgIpc) is 2.96. The summed E-state index contributed by atoms with van der Waals surface area (Å²) in [7, 11) is 3.37. The molecule has 0 unspecified atom stereocenters. The van der Waals surface area contributed by atoms with Crippen molar-refractivity contribution in [3.8, 4) is 5.75 Å². The normalized spacial score (nSPS) is 10.4. The highest BCUT2D eigenvalue weighted by Crippen LogP contribution is 2.19. The first-order valence-corrected chi connectivity index (χ1v) is 6.75. The lowest BCUT2D eigenvalue weighted by Crippen LogP contribution is -2.26. The lowest BCUT2D eigenvalue weighted by Gasteiger charge is -2.17. The molecule has 6 nitrogen and oxygen atoms in total. The van der Waals surface area contributed by atoms with Crippen LogP contribution in [0.3, 0.4) is 0 Å². The Labute approximate surface area is 124 Å². The van der Waals surface area contributed by atoms with Gasteiger partial charge in [0.1, 0.15) is 11.4 Å². The van der Waals surface area contributed by atoms with E-state index in [1.165, 1.54) is 0 Å². The number of carbonyl (C=O) groups excluding carboxylic acids is 1. The van der Waals surface area contributed by atoms with Crippen molar-refractivity contribution in [2.45, 2.75) is 13.1 Å². The van der Waals surface area contributed by atoms with Gasteiger partial charge in [0.05, 0.1) is 13.4 Å². The second kappa shape index (κ2) is 6.90. The maximum absolute atomic E-state index is 12.3. The Morgan fingerprint density at radius 2 is 2.19 bits per heavy atom. The molecule has 2 aromatic rings. The maximum atomic E-state index is 12.3. The fourth-order valence-electron chi connectivity index (χ4n) is 2.10. The van der Waals surface area contributed by atoms with Crippen LogP contribution < -0.4 is 10.5 Å². The van der Waals surface area contributed by atoms with Crippen molar-refractivity contribution < 1.29 is 9.53 Å². The molecule has 0 aliphatic carbocycles. The van der Waals surface area contributed by atoms with Crippen molar-refractivity contribution in [2.24, 2.45) is 5.73 Å². The second-order valence-corrected chi connectivity index (χ2v) is 4.76. The molecule has 2 N–H and O–H groups in total. The molecule has 1 aromatic carbocycles. The lowest BCUT2D eigenvalue weighted by atomic mass is 10.2. The molecule has 0 aliphatic rings. The second-order valence-electron chi connectivity index (χ2n) is 4.76. The van der Waals surface area contributed by atoms with Gasteiger partial charge in [-0.2, -0.15) is 0 Å². The molecular weight excluding hydrogens is 268 g/mol. The van der Waals surface area contributed by atoms with E-state index in [9.17, 15) is 4.79 Å². The molecule has 0 aliphatic heterocycles. The summed E-state index contributed by atoms with van der Waals surface area (Å²) in [5, 5.41) is 0. The van der Waals surface area contributed by atoms with Gasteiger partial charge in [0.25, 0.3) is 5.91 Å². The van der Waals surface area contributed by atoms with Crippen molar-refractivity contribution in [1.29, 1.82) is 0 Å².